The highest BCUT2D eigenvalue weighted by molar-refractivity contribution is 6.30. The van der Waals surface area contributed by atoms with E-state index in [1.807, 2.05) is 31.2 Å². The summed E-state index contributed by atoms with van der Waals surface area (Å²) in [6.07, 6.45) is 3.28. The van der Waals surface area contributed by atoms with Gasteiger partial charge >= 0.3 is 0 Å². The van der Waals surface area contributed by atoms with Crippen molar-refractivity contribution in [2.24, 2.45) is 5.41 Å². The number of para-hydroxylation sites is 1. The third-order valence-corrected chi connectivity index (χ3v) is 10.3. The lowest BCUT2D eigenvalue weighted by Gasteiger charge is -2.49. The molecule has 2 amide bonds. The van der Waals surface area contributed by atoms with Crippen molar-refractivity contribution >= 4 is 34.9 Å². The Morgan fingerprint density at radius 3 is 2.27 bits per heavy atom. The average molecular weight is 664 g/mol. The monoisotopic (exact) mass is 663 g/mol. The van der Waals surface area contributed by atoms with Crippen LogP contribution in [-0.4, -0.2) is 41.0 Å². The summed E-state index contributed by atoms with van der Waals surface area (Å²) in [7, 11) is 0. The number of hydrogen-bond donors (Lipinski definition) is 3. The molecule has 2 heterocycles. The van der Waals surface area contributed by atoms with Crippen molar-refractivity contribution < 1.29 is 24.2 Å². The molecule has 48 heavy (non-hydrogen) atoms. The molecule has 1 spiro atoms. The van der Waals surface area contributed by atoms with E-state index in [0.29, 0.717) is 16.5 Å². The summed E-state index contributed by atoms with van der Waals surface area (Å²) in [5.41, 5.74) is -2.29. The Morgan fingerprint density at radius 1 is 0.917 bits per heavy atom. The van der Waals surface area contributed by atoms with Gasteiger partial charge in [-0.1, -0.05) is 103 Å². The van der Waals surface area contributed by atoms with Gasteiger partial charge in [0.05, 0.1) is 5.56 Å². The summed E-state index contributed by atoms with van der Waals surface area (Å²) in [4.78, 5) is 46.9. The SMILES string of the molecule is Cc1ccc2c(c1)C(=O)[C@]1([C@@H](NCc3ccc(Cl)cc3)O2)[C@@H](C(=O)NC2CCCCC2)N(c2ccccc2)C(=O)[C@]1(O)c1ccccc1. The van der Waals surface area contributed by atoms with E-state index < -0.39 is 40.9 Å². The Balaban J connectivity index is 1.49. The van der Waals surface area contributed by atoms with Crippen LogP contribution in [0.3, 0.4) is 0 Å². The Morgan fingerprint density at radius 2 is 1.58 bits per heavy atom. The minimum Gasteiger partial charge on any atom is -0.473 e. The number of halogens is 1. The first kappa shape index (κ1) is 32.1. The minimum absolute atomic E-state index is 0.129. The highest BCUT2D eigenvalue weighted by Crippen LogP contribution is 2.59. The maximum atomic E-state index is 15.5. The quantitative estimate of drug-likeness (QED) is 0.221. The molecule has 0 radical (unpaired) electrons. The number of aliphatic hydroxyl groups is 1. The first-order valence-electron chi connectivity index (χ1n) is 16.5. The largest absolute Gasteiger partial charge is 0.473 e. The number of Topliss-reactive ketones (excluding diaryl/α,β-unsaturated/α-hetero) is 1. The van der Waals surface area contributed by atoms with Crippen molar-refractivity contribution in [3.63, 3.8) is 0 Å². The lowest BCUT2D eigenvalue weighted by Crippen LogP contribution is -2.71. The second kappa shape index (κ2) is 12.8. The van der Waals surface area contributed by atoms with Crippen molar-refractivity contribution in [2.45, 2.75) is 69.5 Å². The van der Waals surface area contributed by atoms with Crippen LogP contribution in [0.25, 0.3) is 0 Å². The topological polar surface area (TPSA) is 108 Å². The lowest BCUT2D eigenvalue weighted by molar-refractivity contribution is -0.156. The first-order chi connectivity index (χ1) is 23.2. The minimum atomic E-state index is -2.52. The van der Waals surface area contributed by atoms with Crippen molar-refractivity contribution in [1.29, 1.82) is 0 Å². The molecule has 4 aromatic carbocycles. The number of anilines is 1. The standard InChI is InChI=1S/C39H38ClN3O5/c1-25-17-22-32-31(23-25)34(44)38(36(48-32)41-24-26-18-20-28(40)21-19-26)33(35(45)42-29-13-7-3-8-14-29)43(30-15-9-4-10-16-30)37(46)39(38,47)27-11-5-2-6-12-27/h2,4-6,9-12,15-23,29,33,36,41,47H,3,7-8,13-14,24H2,1H3,(H,42,45)/t33-,36+,38+,39-/m1/s1. The Kier molecular flexibility index (Phi) is 8.58. The van der Waals surface area contributed by atoms with Crippen LogP contribution < -0.4 is 20.3 Å². The smallest absolute Gasteiger partial charge is 0.265 e. The molecule has 246 valence electrons. The normalized spacial score (nSPS) is 25.5. The number of hydrogen-bond acceptors (Lipinski definition) is 6. The van der Waals surface area contributed by atoms with Crippen molar-refractivity contribution in [3.8, 4) is 5.75 Å². The van der Waals surface area contributed by atoms with Crippen LogP contribution in [0.15, 0.2) is 103 Å². The maximum Gasteiger partial charge on any atom is 0.265 e. The Bertz CT molecular complexity index is 1830. The van der Waals surface area contributed by atoms with Gasteiger partial charge in [-0.3, -0.25) is 24.6 Å². The molecule has 3 N–H and O–H groups in total. The van der Waals surface area contributed by atoms with Gasteiger partial charge in [0.2, 0.25) is 5.91 Å². The predicted octanol–water partition coefficient (Wildman–Crippen LogP) is 6.08. The molecule has 2 fully saturated rings. The predicted molar refractivity (Wildman–Crippen MR) is 184 cm³/mol. The van der Waals surface area contributed by atoms with E-state index in [1.165, 1.54) is 4.90 Å². The van der Waals surface area contributed by atoms with E-state index in [0.717, 1.165) is 43.2 Å². The number of ether oxygens (including phenoxy) is 1. The molecule has 1 aliphatic carbocycles. The number of carbonyl (C=O) groups excluding carboxylic acids is 3. The van der Waals surface area contributed by atoms with E-state index in [9.17, 15) is 9.90 Å². The van der Waals surface area contributed by atoms with Crippen LogP contribution in [0.2, 0.25) is 5.02 Å². The van der Waals surface area contributed by atoms with E-state index in [2.05, 4.69) is 10.6 Å². The summed E-state index contributed by atoms with van der Waals surface area (Å²) in [6.45, 7) is 2.05. The maximum absolute atomic E-state index is 15.5. The molecule has 0 bridgehead atoms. The molecule has 0 aromatic heterocycles. The average Bonchev–Trinajstić information content (AvgIpc) is 3.32. The first-order valence-corrected chi connectivity index (χ1v) is 16.9. The summed E-state index contributed by atoms with van der Waals surface area (Å²) < 4.78 is 6.68. The molecular formula is C39H38ClN3O5. The zero-order chi connectivity index (χ0) is 33.5. The summed E-state index contributed by atoms with van der Waals surface area (Å²) in [5.74, 6) is -1.55. The van der Waals surface area contributed by atoms with E-state index in [-0.39, 0.29) is 23.7 Å². The number of carbonyl (C=O) groups is 3. The second-order valence-electron chi connectivity index (χ2n) is 13.0. The molecule has 3 aliphatic rings. The molecule has 0 unspecified atom stereocenters. The number of ketones is 1. The molecule has 4 aromatic rings. The van der Waals surface area contributed by atoms with Gasteiger partial charge in [0.1, 0.15) is 11.8 Å². The number of fused-ring (bicyclic) bond motifs is 1. The number of rotatable bonds is 7. The van der Waals surface area contributed by atoms with Crippen LogP contribution in [0.5, 0.6) is 5.75 Å². The van der Waals surface area contributed by atoms with Gasteiger partial charge in [-0.2, -0.15) is 0 Å². The van der Waals surface area contributed by atoms with Crippen molar-refractivity contribution in [2.75, 3.05) is 4.90 Å². The summed E-state index contributed by atoms with van der Waals surface area (Å²) in [5, 5.41) is 20.5. The Labute approximate surface area is 285 Å². The fraction of sp³-hybridized carbons (Fsp3) is 0.308. The highest BCUT2D eigenvalue weighted by atomic mass is 35.5. The summed E-state index contributed by atoms with van der Waals surface area (Å²) >= 11 is 6.17. The molecule has 9 heteroatoms. The molecule has 2 aliphatic heterocycles. The van der Waals surface area contributed by atoms with Gasteiger partial charge in [0.25, 0.3) is 5.91 Å². The van der Waals surface area contributed by atoms with Crippen molar-refractivity contribution in [3.05, 3.63) is 130 Å². The fourth-order valence-corrected chi connectivity index (χ4v) is 7.87. The molecule has 1 saturated carbocycles. The summed E-state index contributed by atoms with van der Waals surface area (Å²) in [6, 6.07) is 28.1. The second-order valence-corrected chi connectivity index (χ2v) is 13.5. The molecule has 8 nitrogen and oxygen atoms in total. The van der Waals surface area contributed by atoms with Crippen LogP contribution >= 0.6 is 11.6 Å². The van der Waals surface area contributed by atoms with Crippen LogP contribution in [0.4, 0.5) is 5.69 Å². The zero-order valence-corrected chi connectivity index (χ0v) is 27.5. The number of nitrogens with zero attached hydrogens (tertiary/aromatic N) is 1. The molecular weight excluding hydrogens is 626 g/mol. The zero-order valence-electron chi connectivity index (χ0n) is 26.7. The van der Waals surface area contributed by atoms with Crippen LogP contribution in [-0.2, 0) is 21.7 Å². The Hall–Kier alpha value is -4.50. The number of aryl methyl sites for hydroxylation is 1. The molecule has 1 saturated heterocycles. The van der Waals surface area contributed by atoms with Gasteiger partial charge in [-0.15, -0.1) is 0 Å². The van der Waals surface area contributed by atoms with Gasteiger partial charge in [0, 0.05) is 23.3 Å². The van der Waals surface area contributed by atoms with Crippen molar-refractivity contribution in [1.82, 2.24) is 10.6 Å². The van der Waals surface area contributed by atoms with Crippen LogP contribution in [0, 0.1) is 12.3 Å². The van der Waals surface area contributed by atoms with Gasteiger partial charge < -0.3 is 15.2 Å². The van der Waals surface area contributed by atoms with E-state index in [4.69, 9.17) is 16.3 Å². The molecule has 7 rings (SSSR count). The molecule has 4 atom stereocenters. The van der Waals surface area contributed by atoms with Gasteiger partial charge in [0.15, 0.2) is 23.0 Å². The number of nitrogens with one attached hydrogen (secondary N) is 2. The van der Waals surface area contributed by atoms with E-state index >= 15 is 9.59 Å². The van der Waals surface area contributed by atoms with E-state index in [1.54, 1.807) is 78.9 Å². The number of benzene rings is 4. The third kappa shape index (κ3) is 5.19. The van der Waals surface area contributed by atoms with Gasteiger partial charge in [-0.25, -0.2) is 0 Å². The van der Waals surface area contributed by atoms with Gasteiger partial charge in [-0.05, 0) is 67.3 Å². The fourth-order valence-electron chi connectivity index (χ4n) is 7.74. The lowest BCUT2D eigenvalue weighted by atomic mass is 9.60. The third-order valence-electron chi connectivity index (χ3n) is 10.1. The number of amides is 2. The highest BCUT2D eigenvalue weighted by Gasteiger charge is 2.79. The van der Waals surface area contributed by atoms with Crippen LogP contribution in [0.1, 0.15) is 59.2 Å².